The third-order valence-electron chi connectivity index (χ3n) is 3.00. The van der Waals surface area contributed by atoms with Gasteiger partial charge in [-0.25, -0.2) is 4.79 Å². The molecule has 6 heteroatoms. The van der Waals surface area contributed by atoms with Gasteiger partial charge >= 0.3 is 6.16 Å². The molecular weight excluding hydrogens is 238 g/mol. The molecule has 1 fully saturated rings. The Bertz CT molecular complexity index is 379. The van der Waals surface area contributed by atoms with Crippen LogP contribution in [0.4, 0.5) is 4.79 Å². The van der Waals surface area contributed by atoms with Crippen molar-refractivity contribution in [3.05, 3.63) is 12.2 Å². The lowest BCUT2D eigenvalue weighted by atomic mass is 9.97. The maximum absolute atomic E-state index is 11.8. The fraction of sp³-hybridized carbons (Fsp3) is 0.583. The van der Waals surface area contributed by atoms with Gasteiger partial charge in [0.15, 0.2) is 0 Å². The van der Waals surface area contributed by atoms with Crippen molar-refractivity contribution in [2.75, 3.05) is 6.61 Å². The molecule has 2 unspecified atom stereocenters. The first-order valence-electron chi connectivity index (χ1n) is 6.04. The molecule has 2 bridgehead atoms. The molecule has 2 amide bonds. The second-order valence-corrected chi connectivity index (χ2v) is 4.35. The maximum Gasteiger partial charge on any atom is 0.533 e. The highest BCUT2D eigenvalue weighted by Gasteiger charge is 2.44. The molecule has 1 heterocycles. The van der Waals surface area contributed by atoms with Crippen LogP contribution < -0.4 is 0 Å². The molecule has 2 atom stereocenters. The van der Waals surface area contributed by atoms with Gasteiger partial charge in [0.2, 0.25) is 0 Å². The minimum absolute atomic E-state index is 0.219. The predicted molar refractivity (Wildman–Crippen MR) is 59.9 cm³/mol. The number of hydroxylamine groups is 2. The van der Waals surface area contributed by atoms with Gasteiger partial charge in [0.05, 0.1) is 18.4 Å². The van der Waals surface area contributed by atoms with Gasteiger partial charge < -0.3 is 4.74 Å². The summed E-state index contributed by atoms with van der Waals surface area (Å²) in [6, 6.07) is 0. The van der Waals surface area contributed by atoms with Crippen LogP contribution in [0, 0.1) is 11.8 Å². The zero-order valence-corrected chi connectivity index (χ0v) is 10.1. The van der Waals surface area contributed by atoms with E-state index in [1.807, 2.05) is 6.92 Å². The summed E-state index contributed by atoms with van der Waals surface area (Å²) in [7, 11) is 0. The molecule has 6 nitrogen and oxygen atoms in total. The van der Waals surface area contributed by atoms with Crippen molar-refractivity contribution in [3.63, 3.8) is 0 Å². The van der Waals surface area contributed by atoms with Crippen LogP contribution in [0.5, 0.6) is 0 Å². The molecule has 0 aromatic rings. The third-order valence-corrected chi connectivity index (χ3v) is 3.00. The van der Waals surface area contributed by atoms with E-state index in [9.17, 15) is 14.4 Å². The van der Waals surface area contributed by atoms with E-state index in [1.54, 1.807) is 12.2 Å². The van der Waals surface area contributed by atoms with Crippen molar-refractivity contribution in [2.45, 2.75) is 26.2 Å². The van der Waals surface area contributed by atoms with E-state index >= 15 is 0 Å². The van der Waals surface area contributed by atoms with Gasteiger partial charge in [-0.05, 0) is 12.8 Å². The van der Waals surface area contributed by atoms with E-state index in [0.29, 0.717) is 17.9 Å². The Morgan fingerprint density at radius 3 is 2.50 bits per heavy atom. The van der Waals surface area contributed by atoms with Crippen molar-refractivity contribution in [1.29, 1.82) is 0 Å². The van der Waals surface area contributed by atoms with Crippen LogP contribution in [0.2, 0.25) is 0 Å². The zero-order chi connectivity index (χ0) is 13.1. The first kappa shape index (κ1) is 12.6. The SMILES string of the molecule is CCCCOC(=O)ON1C(=O)C2C=CC(C2)C1=O. The molecule has 0 radical (unpaired) electrons. The number of amides is 2. The Hall–Kier alpha value is -1.85. The monoisotopic (exact) mass is 253 g/mol. The van der Waals surface area contributed by atoms with Crippen LogP contribution >= 0.6 is 0 Å². The van der Waals surface area contributed by atoms with Gasteiger partial charge in [-0.3, -0.25) is 14.4 Å². The number of hydrogen-bond donors (Lipinski definition) is 0. The molecule has 2 rings (SSSR count). The van der Waals surface area contributed by atoms with Crippen molar-refractivity contribution >= 4 is 18.0 Å². The van der Waals surface area contributed by atoms with Gasteiger partial charge in [0.1, 0.15) is 0 Å². The van der Waals surface area contributed by atoms with E-state index in [0.717, 1.165) is 6.42 Å². The van der Waals surface area contributed by atoms with Gasteiger partial charge in [-0.15, -0.1) is 0 Å². The van der Waals surface area contributed by atoms with Crippen LogP contribution in [-0.2, 0) is 19.2 Å². The Balaban J connectivity index is 1.91. The average molecular weight is 253 g/mol. The number of rotatable bonds is 4. The summed E-state index contributed by atoms with van der Waals surface area (Å²) in [5.41, 5.74) is 0. The van der Waals surface area contributed by atoms with E-state index in [-0.39, 0.29) is 18.4 Å². The van der Waals surface area contributed by atoms with Crippen molar-refractivity contribution in [1.82, 2.24) is 5.06 Å². The Labute approximate surface area is 104 Å². The number of fused-ring (bicyclic) bond motifs is 2. The lowest BCUT2D eigenvalue weighted by Gasteiger charge is -2.27. The molecule has 0 spiro atoms. The number of nitrogens with zero attached hydrogens (tertiary/aromatic N) is 1. The highest BCUT2D eigenvalue weighted by molar-refractivity contribution is 6.02. The van der Waals surface area contributed by atoms with Crippen molar-refractivity contribution in [2.24, 2.45) is 11.8 Å². The Morgan fingerprint density at radius 1 is 1.33 bits per heavy atom. The lowest BCUT2D eigenvalue weighted by Crippen LogP contribution is -2.47. The van der Waals surface area contributed by atoms with E-state index in [4.69, 9.17) is 4.74 Å². The molecule has 1 saturated heterocycles. The van der Waals surface area contributed by atoms with Crippen LogP contribution in [-0.4, -0.2) is 29.6 Å². The lowest BCUT2D eigenvalue weighted by molar-refractivity contribution is -0.192. The Morgan fingerprint density at radius 2 is 1.94 bits per heavy atom. The van der Waals surface area contributed by atoms with Gasteiger partial charge in [0, 0.05) is 0 Å². The minimum Gasteiger partial charge on any atom is -0.433 e. The summed E-state index contributed by atoms with van der Waals surface area (Å²) in [6.45, 7) is 2.17. The second kappa shape index (κ2) is 5.20. The summed E-state index contributed by atoms with van der Waals surface area (Å²) in [4.78, 5) is 39.5. The molecular formula is C12H15NO5. The predicted octanol–water partition coefficient (Wildman–Crippen LogP) is 1.42. The molecule has 1 aliphatic heterocycles. The quantitative estimate of drug-likeness (QED) is 0.328. The van der Waals surface area contributed by atoms with E-state index in [2.05, 4.69) is 4.84 Å². The molecule has 0 N–H and O–H groups in total. The zero-order valence-electron chi connectivity index (χ0n) is 10.1. The summed E-state index contributed by atoms with van der Waals surface area (Å²) in [6.07, 6.45) is 4.41. The van der Waals surface area contributed by atoms with Crippen LogP contribution in [0.3, 0.4) is 0 Å². The molecule has 1 aliphatic carbocycles. The molecule has 98 valence electrons. The fourth-order valence-electron chi connectivity index (χ4n) is 1.97. The van der Waals surface area contributed by atoms with Crippen molar-refractivity contribution < 1.29 is 24.0 Å². The maximum atomic E-state index is 11.8. The first-order valence-corrected chi connectivity index (χ1v) is 6.04. The number of imide groups is 1. The summed E-state index contributed by atoms with van der Waals surface area (Å²) >= 11 is 0. The highest BCUT2D eigenvalue weighted by atomic mass is 16.8. The molecule has 2 aliphatic rings. The van der Waals surface area contributed by atoms with E-state index in [1.165, 1.54) is 0 Å². The van der Waals surface area contributed by atoms with E-state index < -0.39 is 18.0 Å². The minimum atomic E-state index is -1.01. The number of piperidine rings is 1. The number of carbonyl (C=O) groups excluding carboxylic acids is 3. The molecule has 0 aromatic heterocycles. The van der Waals surface area contributed by atoms with Crippen LogP contribution in [0.15, 0.2) is 12.2 Å². The number of ether oxygens (including phenoxy) is 1. The largest absolute Gasteiger partial charge is 0.533 e. The summed E-state index contributed by atoms with van der Waals surface area (Å²) < 4.78 is 4.75. The standard InChI is InChI=1S/C12H15NO5/c1-2-3-6-17-12(16)18-13-10(14)8-4-5-9(7-8)11(13)15/h4-5,8-9H,2-3,6-7H2,1H3. The average Bonchev–Trinajstić information content (AvgIpc) is 2.80. The number of hydrogen-bond acceptors (Lipinski definition) is 5. The number of unbranched alkanes of at least 4 members (excludes halogenated alkanes) is 1. The van der Waals surface area contributed by atoms with Gasteiger partial charge in [-0.2, -0.15) is 0 Å². The number of carbonyl (C=O) groups is 3. The first-order chi connectivity index (χ1) is 8.63. The third kappa shape index (κ3) is 2.37. The molecule has 0 saturated carbocycles. The molecule has 0 aromatic carbocycles. The normalized spacial score (nSPS) is 25.5. The topological polar surface area (TPSA) is 72.9 Å². The summed E-state index contributed by atoms with van der Waals surface area (Å²) in [5.74, 6) is -1.73. The smallest absolute Gasteiger partial charge is 0.433 e. The van der Waals surface area contributed by atoms with Crippen LogP contribution in [0.1, 0.15) is 26.2 Å². The Kier molecular flexibility index (Phi) is 3.64. The molecule has 18 heavy (non-hydrogen) atoms. The van der Waals surface area contributed by atoms with Crippen molar-refractivity contribution in [3.8, 4) is 0 Å². The highest BCUT2D eigenvalue weighted by Crippen LogP contribution is 2.32. The fourth-order valence-corrected chi connectivity index (χ4v) is 1.97. The van der Waals surface area contributed by atoms with Gasteiger partial charge in [0.25, 0.3) is 11.8 Å². The van der Waals surface area contributed by atoms with Gasteiger partial charge in [-0.1, -0.05) is 30.6 Å². The summed E-state index contributed by atoms with van der Waals surface area (Å²) in [5, 5.41) is 0.535. The second-order valence-electron chi connectivity index (χ2n) is 4.35. The van der Waals surface area contributed by atoms with Crippen LogP contribution in [0.25, 0.3) is 0 Å².